The number of nitrogens with zero attached hydrogens (tertiary/aromatic N) is 1. The summed E-state index contributed by atoms with van der Waals surface area (Å²) in [5.41, 5.74) is 2.45. The molecule has 0 N–H and O–H groups in total. The molecule has 20 heavy (non-hydrogen) atoms. The van der Waals surface area contributed by atoms with Gasteiger partial charge in [-0.05, 0) is 29.4 Å². The number of imide groups is 1. The highest BCUT2D eigenvalue weighted by atomic mass is 16.2. The topological polar surface area (TPSA) is 37.4 Å². The molecule has 1 aliphatic heterocycles. The summed E-state index contributed by atoms with van der Waals surface area (Å²) in [7, 11) is 0. The van der Waals surface area contributed by atoms with Crippen LogP contribution in [0.4, 0.5) is 0 Å². The molecule has 2 amide bonds. The molecule has 1 aromatic carbocycles. The molecule has 104 valence electrons. The van der Waals surface area contributed by atoms with E-state index in [1.807, 2.05) is 12.1 Å². The van der Waals surface area contributed by atoms with Crippen molar-refractivity contribution in [2.24, 2.45) is 5.92 Å². The number of rotatable bonds is 3. The quantitative estimate of drug-likeness (QED) is 0.790. The molecule has 3 atom stereocenters. The summed E-state index contributed by atoms with van der Waals surface area (Å²) in [6, 6.07) is 8.15. The Morgan fingerprint density at radius 1 is 0.950 bits per heavy atom. The Balaban J connectivity index is 2.09. The molecule has 0 aromatic heterocycles. The number of hydrogen-bond donors (Lipinski definition) is 0. The van der Waals surface area contributed by atoms with E-state index in [0.717, 1.165) is 18.4 Å². The zero-order valence-electron chi connectivity index (χ0n) is 11.9. The first kappa shape index (κ1) is 13.1. The monoisotopic (exact) mass is 269 g/mol. The van der Waals surface area contributed by atoms with E-state index < -0.39 is 0 Å². The van der Waals surface area contributed by atoms with E-state index in [1.165, 1.54) is 22.6 Å². The molecule has 2 aliphatic rings. The fourth-order valence-corrected chi connectivity index (χ4v) is 3.85. The number of carbonyl (C=O) groups excluding carboxylic acids is 2. The van der Waals surface area contributed by atoms with Crippen molar-refractivity contribution in [3.8, 4) is 0 Å². The van der Waals surface area contributed by atoms with Gasteiger partial charge in [-0.25, -0.2) is 0 Å². The van der Waals surface area contributed by atoms with E-state index in [1.54, 1.807) is 0 Å². The molecule has 1 aromatic rings. The third-order valence-electron chi connectivity index (χ3n) is 4.67. The highest BCUT2D eigenvalue weighted by molar-refractivity contribution is 6.13. The Labute approximate surface area is 119 Å². The van der Waals surface area contributed by atoms with Crippen LogP contribution in [0.15, 0.2) is 36.4 Å². The van der Waals surface area contributed by atoms with E-state index >= 15 is 0 Å². The minimum absolute atomic E-state index is 0.101. The van der Waals surface area contributed by atoms with Crippen molar-refractivity contribution in [2.75, 3.05) is 0 Å². The summed E-state index contributed by atoms with van der Waals surface area (Å²) in [5.74, 6) is 0.405. The Bertz CT molecular complexity index is 572. The maximum Gasteiger partial charge on any atom is 0.254 e. The molecule has 1 heterocycles. The fraction of sp³-hybridized carbons (Fsp3) is 0.412. The first-order valence-electron chi connectivity index (χ1n) is 7.33. The molecule has 0 unspecified atom stereocenters. The van der Waals surface area contributed by atoms with Gasteiger partial charge in [0.2, 0.25) is 0 Å². The van der Waals surface area contributed by atoms with Gasteiger partial charge in [-0.15, -0.1) is 0 Å². The molecule has 3 heteroatoms. The van der Waals surface area contributed by atoms with E-state index in [-0.39, 0.29) is 17.9 Å². The third kappa shape index (κ3) is 1.73. The van der Waals surface area contributed by atoms with Gasteiger partial charge in [0, 0.05) is 12.2 Å². The lowest BCUT2D eigenvalue weighted by Gasteiger charge is -2.30. The van der Waals surface area contributed by atoms with Crippen molar-refractivity contribution in [2.45, 2.75) is 38.6 Å². The standard InChI is InChI=1S/C17H19NO2/c1-3-11-12(4-2)17(14-8-6-5-7-13(11)14)18-15(19)9-10-16(18)20/h5-12,17H,3-4H2,1-2H3/t11-,12-,17-/m0/s1. The van der Waals surface area contributed by atoms with Crippen molar-refractivity contribution in [1.29, 1.82) is 0 Å². The van der Waals surface area contributed by atoms with Gasteiger partial charge in [0.05, 0.1) is 6.04 Å². The van der Waals surface area contributed by atoms with E-state index in [0.29, 0.717) is 11.8 Å². The van der Waals surface area contributed by atoms with Crippen molar-refractivity contribution >= 4 is 11.8 Å². The number of hydrogen-bond acceptors (Lipinski definition) is 2. The zero-order chi connectivity index (χ0) is 14.3. The summed E-state index contributed by atoms with van der Waals surface area (Å²) >= 11 is 0. The molecular weight excluding hydrogens is 250 g/mol. The van der Waals surface area contributed by atoms with Crippen LogP contribution in [0.25, 0.3) is 0 Å². The van der Waals surface area contributed by atoms with Crippen LogP contribution >= 0.6 is 0 Å². The summed E-state index contributed by atoms with van der Waals surface area (Å²) in [5, 5.41) is 0. The molecule has 0 fully saturated rings. The lowest BCUT2D eigenvalue weighted by atomic mass is 9.86. The summed E-state index contributed by atoms with van der Waals surface area (Å²) in [4.78, 5) is 25.6. The van der Waals surface area contributed by atoms with Crippen LogP contribution in [-0.2, 0) is 9.59 Å². The van der Waals surface area contributed by atoms with Crippen molar-refractivity contribution in [1.82, 2.24) is 4.90 Å². The highest BCUT2D eigenvalue weighted by Crippen LogP contribution is 2.51. The normalized spacial score (nSPS) is 28.3. The van der Waals surface area contributed by atoms with Crippen molar-refractivity contribution < 1.29 is 9.59 Å². The van der Waals surface area contributed by atoms with E-state index in [9.17, 15) is 9.59 Å². The van der Waals surface area contributed by atoms with Crippen molar-refractivity contribution in [3.05, 3.63) is 47.5 Å². The molecule has 0 saturated carbocycles. The van der Waals surface area contributed by atoms with Crippen molar-refractivity contribution in [3.63, 3.8) is 0 Å². The van der Waals surface area contributed by atoms with Gasteiger partial charge in [0.15, 0.2) is 0 Å². The smallest absolute Gasteiger partial charge is 0.254 e. The van der Waals surface area contributed by atoms with Crippen LogP contribution in [0.3, 0.4) is 0 Å². The average molecular weight is 269 g/mol. The van der Waals surface area contributed by atoms with Crippen LogP contribution in [0.2, 0.25) is 0 Å². The summed E-state index contributed by atoms with van der Waals surface area (Å²) in [6.45, 7) is 4.32. The second-order valence-corrected chi connectivity index (χ2v) is 5.54. The number of fused-ring (bicyclic) bond motifs is 1. The largest absolute Gasteiger partial charge is 0.269 e. The number of carbonyl (C=O) groups is 2. The van der Waals surface area contributed by atoms with Crippen LogP contribution in [0.1, 0.15) is 49.8 Å². The van der Waals surface area contributed by atoms with Crippen LogP contribution in [0.5, 0.6) is 0 Å². The minimum atomic E-state index is -0.176. The summed E-state index contributed by atoms with van der Waals surface area (Å²) in [6.07, 6.45) is 4.78. The Hall–Kier alpha value is -1.90. The van der Waals surface area contributed by atoms with Gasteiger partial charge in [-0.1, -0.05) is 44.5 Å². The van der Waals surface area contributed by atoms with E-state index in [4.69, 9.17) is 0 Å². The first-order chi connectivity index (χ1) is 9.69. The van der Waals surface area contributed by atoms with Gasteiger partial charge < -0.3 is 0 Å². The molecule has 0 radical (unpaired) electrons. The zero-order valence-corrected chi connectivity index (χ0v) is 11.9. The van der Waals surface area contributed by atoms with Gasteiger partial charge in [-0.3, -0.25) is 14.5 Å². The van der Waals surface area contributed by atoms with E-state index in [2.05, 4.69) is 26.0 Å². The van der Waals surface area contributed by atoms with Gasteiger partial charge in [0.1, 0.15) is 0 Å². The fourth-order valence-electron chi connectivity index (χ4n) is 3.85. The van der Waals surface area contributed by atoms with Crippen LogP contribution < -0.4 is 0 Å². The Morgan fingerprint density at radius 3 is 2.10 bits per heavy atom. The highest BCUT2D eigenvalue weighted by Gasteiger charge is 2.45. The maximum absolute atomic E-state index is 12.1. The Morgan fingerprint density at radius 2 is 1.55 bits per heavy atom. The second-order valence-electron chi connectivity index (χ2n) is 5.54. The lowest BCUT2D eigenvalue weighted by Crippen LogP contribution is -2.37. The first-order valence-corrected chi connectivity index (χ1v) is 7.33. The third-order valence-corrected chi connectivity index (χ3v) is 4.67. The lowest BCUT2D eigenvalue weighted by molar-refractivity contribution is -0.141. The maximum atomic E-state index is 12.1. The second kappa shape index (κ2) is 4.89. The van der Waals surface area contributed by atoms with Gasteiger partial charge in [-0.2, -0.15) is 0 Å². The Kier molecular flexibility index (Phi) is 3.20. The predicted molar refractivity (Wildman–Crippen MR) is 77.0 cm³/mol. The van der Waals surface area contributed by atoms with Gasteiger partial charge in [0.25, 0.3) is 11.8 Å². The molecule has 0 spiro atoms. The SMILES string of the molecule is CC[C@H]1[C@H](CC)c2ccccc2[C@H]1N1C(=O)C=CC1=O. The molecule has 1 aliphatic carbocycles. The molecule has 3 nitrogen and oxygen atoms in total. The van der Waals surface area contributed by atoms with Gasteiger partial charge >= 0.3 is 0 Å². The molecule has 0 bridgehead atoms. The number of amides is 2. The van der Waals surface area contributed by atoms with Crippen LogP contribution in [-0.4, -0.2) is 16.7 Å². The molecular formula is C17H19NO2. The molecule has 3 rings (SSSR count). The van der Waals surface area contributed by atoms with Crippen LogP contribution in [0, 0.1) is 5.92 Å². The summed E-state index contributed by atoms with van der Waals surface area (Å²) < 4.78 is 0. The minimum Gasteiger partial charge on any atom is -0.269 e. The average Bonchev–Trinajstić information content (AvgIpc) is 2.95. The predicted octanol–water partition coefficient (Wildman–Crippen LogP) is 3.19. The number of benzene rings is 1. The molecule has 0 saturated heterocycles.